The lowest BCUT2D eigenvalue weighted by Crippen LogP contribution is -2.31. The van der Waals surface area contributed by atoms with Crippen molar-refractivity contribution < 1.29 is 0 Å². The summed E-state index contributed by atoms with van der Waals surface area (Å²) in [5.41, 5.74) is 4.28. The van der Waals surface area contributed by atoms with Crippen molar-refractivity contribution in [2.45, 2.75) is 51.9 Å². The van der Waals surface area contributed by atoms with E-state index in [0.29, 0.717) is 5.92 Å². The standard InChI is InChI=1S/C14H25N3/c1-10-12(14(2,3)4)13(17(5)16-10)11-7-6-8-15-9-11/h11,15H,6-9H2,1-5H3. The molecule has 1 saturated heterocycles. The highest BCUT2D eigenvalue weighted by atomic mass is 15.3. The summed E-state index contributed by atoms with van der Waals surface area (Å²) < 4.78 is 2.10. The second kappa shape index (κ2) is 4.45. The zero-order valence-electron chi connectivity index (χ0n) is 11.8. The third kappa shape index (κ3) is 2.39. The fourth-order valence-corrected chi connectivity index (χ4v) is 3.16. The van der Waals surface area contributed by atoms with Crippen LogP contribution in [0.5, 0.6) is 0 Å². The molecule has 1 aliphatic rings. The van der Waals surface area contributed by atoms with E-state index in [0.717, 1.165) is 13.1 Å². The predicted octanol–water partition coefficient (Wildman–Crippen LogP) is 2.49. The largest absolute Gasteiger partial charge is 0.316 e. The van der Waals surface area contributed by atoms with Crippen LogP contribution in [-0.4, -0.2) is 22.9 Å². The highest BCUT2D eigenvalue weighted by Crippen LogP contribution is 2.35. The molecule has 1 aromatic heterocycles. The molecule has 1 aliphatic heterocycles. The van der Waals surface area contributed by atoms with E-state index >= 15 is 0 Å². The summed E-state index contributed by atoms with van der Waals surface area (Å²) in [5, 5.41) is 8.15. The average Bonchev–Trinajstić information content (AvgIpc) is 2.54. The summed E-state index contributed by atoms with van der Waals surface area (Å²) >= 11 is 0. The van der Waals surface area contributed by atoms with Gasteiger partial charge in [-0.15, -0.1) is 0 Å². The Morgan fingerprint density at radius 3 is 2.59 bits per heavy atom. The van der Waals surface area contributed by atoms with Gasteiger partial charge >= 0.3 is 0 Å². The van der Waals surface area contributed by atoms with Crippen LogP contribution in [0.1, 0.15) is 56.5 Å². The van der Waals surface area contributed by atoms with E-state index in [9.17, 15) is 0 Å². The van der Waals surface area contributed by atoms with Crippen molar-refractivity contribution in [1.29, 1.82) is 0 Å². The maximum Gasteiger partial charge on any atom is 0.0633 e. The molecule has 3 heteroatoms. The Bertz CT molecular complexity index is 392. The number of hydrogen-bond acceptors (Lipinski definition) is 2. The molecule has 1 aromatic rings. The van der Waals surface area contributed by atoms with Crippen molar-refractivity contribution in [1.82, 2.24) is 15.1 Å². The first-order valence-electron chi connectivity index (χ1n) is 6.66. The molecule has 2 heterocycles. The van der Waals surface area contributed by atoms with Crippen molar-refractivity contribution in [3.8, 4) is 0 Å². The zero-order chi connectivity index (χ0) is 12.6. The molecule has 3 nitrogen and oxygen atoms in total. The van der Waals surface area contributed by atoms with Crippen LogP contribution in [0, 0.1) is 6.92 Å². The fourth-order valence-electron chi connectivity index (χ4n) is 3.16. The first-order valence-corrected chi connectivity index (χ1v) is 6.66. The number of aromatic nitrogens is 2. The third-order valence-corrected chi connectivity index (χ3v) is 3.70. The molecule has 0 radical (unpaired) electrons. The summed E-state index contributed by atoms with van der Waals surface area (Å²) in [6.07, 6.45) is 2.56. The van der Waals surface area contributed by atoms with Gasteiger partial charge in [0.15, 0.2) is 0 Å². The second-order valence-electron chi connectivity index (χ2n) is 6.26. The van der Waals surface area contributed by atoms with Gasteiger partial charge in [-0.1, -0.05) is 20.8 Å². The van der Waals surface area contributed by atoms with Gasteiger partial charge in [0.05, 0.1) is 5.69 Å². The van der Waals surface area contributed by atoms with Crippen molar-refractivity contribution >= 4 is 0 Å². The Labute approximate surface area is 105 Å². The Morgan fingerprint density at radius 1 is 1.35 bits per heavy atom. The highest BCUT2D eigenvalue weighted by Gasteiger charge is 2.29. The molecule has 1 atom stereocenters. The summed E-state index contributed by atoms with van der Waals surface area (Å²) in [4.78, 5) is 0. The molecule has 1 unspecified atom stereocenters. The molecule has 1 fully saturated rings. The van der Waals surface area contributed by atoms with Crippen molar-refractivity contribution in [3.63, 3.8) is 0 Å². The predicted molar refractivity (Wildman–Crippen MR) is 71.5 cm³/mol. The average molecular weight is 235 g/mol. The summed E-state index contributed by atoms with van der Waals surface area (Å²) in [7, 11) is 2.09. The van der Waals surface area contributed by atoms with Gasteiger partial charge in [0, 0.05) is 30.8 Å². The molecule has 0 saturated carbocycles. The quantitative estimate of drug-likeness (QED) is 0.810. The summed E-state index contributed by atoms with van der Waals surface area (Å²) in [6.45, 7) is 11.3. The van der Waals surface area contributed by atoms with Gasteiger partial charge in [0.1, 0.15) is 0 Å². The maximum absolute atomic E-state index is 4.64. The minimum Gasteiger partial charge on any atom is -0.316 e. The Morgan fingerprint density at radius 2 is 2.06 bits per heavy atom. The summed E-state index contributed by atoms with van der Waals surface area (Å²) in [5.74, 6) is 0.629. The molecule has 17 heavy (non-hydrogen) atoms. The highest BCUT2D eigenvalue weighted by molar-refractivity contribution is 5.35. The summed E-state index contributed by atoms with van der Waals surface area (Å²) in [6, 6.07) is 0. The van der Waals surface area contributed by atoms with Crippen LogP contribution < -0.4 is 5.32 Å². The molecule has 0 amide bonds. The van der Waals surface area contributed by atoms with Crippen LogP contribution in [0.3, 0.4) is 0 Å². The lowest BCUT2D eigenvalue weighted by atomic mass is 9.80. The van der Waals surface area contributed by atoms with E-state index < -0.39 is 0 Å². The van der Waals surface area contributed by atoms with Crippen molar-refractivity contribution in [2.75, 3.05) is 13.1 Å². The van der Waals surface area contributed by atoms with Gasteiger partial charge in [-0.05, 0) is 31.7 Å². The van der Waals surface area contributed by atoms with Gasteiger partial charge < -0.3 is 5.32 Å². The van der Waals surface area contributed by atoms with Gasteiger partial charge in [-0.3, -0.25) is 4.68 Å². The van der Waals surface area contributed by atoms with E-state index in [1.54, 1.807) is 0 Å². The van der Waals surface area contributed by atoms with Gasteiger partial charge in [0.25, 0.3) is 0 Å². The van der Waals surface area contributed by atoms with Gasteiger partial charge in [0.2, 0.25) is 0 Å². The number of piperidine rings is 1. The van der Waals surface area contributed by atoms with E-state index in [1.165, 1.54) is 29.8 Å². The van der Waals surface area contributed by atoms with E-state index in [4.69, 9.17) is 0 Å². The third-order valence-electron chi connectivity index (χ3n) is 3.70. The SMILES string of the molecule is Cc1nn(C)c(C2CCCNC2)c1C(C)(C)C. The van der Waals surface area contributed by atoms with E-state index in [-0.39, 0.29) is 5.41 Å². The van der Waals surface area contributed by atoms with Gasteiger partial charge in [-0.25, -0.2) is 0 Å². The van der Waals surface area contributed by atoms with Crippen LogP contribution in [0.25, 0.3) is 0 Å². The Hall–Kier alpha value is -0.830. The monoisotopic (exact) mass is 235 g/mol. The molecule has 2 rings (SSSR count). The normalized spacial score (nSPS) is 21.8. The Kier molecular flexibility index (Phi) is 3.30. The van der Waals surface area contributed by atoms with Crippen molar-refractivity contribution in [2.24, 2.45) is 7.05 Å². The number of aryl methyl sites for hydroxylation is 2. The Balaban J connectivity index is 2.44. The molecule has 0 aliphatic carbocycles. The smallest absolute Gasteiger partial charge is 0.0633 e. The van der Waals surface area contributed by atoms with Crippen LogP contribution in [0.2, 0.25) is 0 Å². The van der Waals surface area contributed by atoms with E-state index in [1.807, 2.05) is 0 Å². The molecule has 0 spiro atoms. The number of hydrogen-bond donors (Lipinski definition) is 1. The lowest BCUT2D eigenvalue weighted by molar-refractivity contribution is 0.432. The number of nitrogens with one attached hydrogen (secondary N) is 1. The van der Waals surface area contributed by atoms with Crippen LogP contribution in [0.15, 0.2) is 0 Å². The molecule has 1 N–H and O–H groups in total. The first kappa shape index (κ1) is 12.6. The molecule has 0 bridgehead atoms. The second-order valence-corrected chi connectivity index (χ2v) is 6.26. The number of rotatable bonds is 1. The van der Waals surface area contributed by atoms with Crippen LogP contribution in [0.4, 0.5) is 0 Å². The number of nitrogens with zero attached hydrogens (tertiary/aromatic N) is 2. The fraction of sp³-hybridized carbons (Fsp3) is 0.786. The van der Waals surface area contributed by atoms with Crippen LogP contribution in [-0.2, 0) is 12.5 Å². The molecular weight excluding hydrogens is 210 g/mol. The van der Waals surface area contributed by atoms with Crippen molar-refractivity contribution in [3.05, 3.63) is 17.0 Å². The maximum atomic E-state index is 4.64. The first-order chi connectivity index (χ1) is 7.91. The van der Waals surface area contributed by atoms with Gasteiger partial charge in [-0.2, -0.15) is 5.10 Å². The minimum absolute atomic E-state index is 0.186. The lowest BCUT2D eigenvalue weighted by Gasteiger charge is -2.28. The topological polar surface area (TPSA) is 29.9 Å². The zero-order valence-corrected chi connectivity index (χ0v) is 11.8. The molecule has 0 aromatic carbocycles. The van der Waals surface area contributed by atoms with E-state index in [2.05, 4.69) is 49.8 Å². The molecular formula is C14H25N3. The minimum atomic E-state index is 0.186. The molecule has 96 valence electrons. The van der Waals surface area contributed by atoms with Crippen LogP contribution >= 0.6 is 0 Å².